The van der Waals surface area contributed by atoms with Crippen LogP contribution in [0.2, 0.25) is 0 Å². The van der Waals surface area contributed by atoms with E-state index in [1.165, 1.54) is 69.6 Å². The van der Waals surface area contributed by atoms with E-state index in [4.69, 9.17) is 4.74 Å². The second-order valence-electron chi connectivity index (χ2n) is 11.0. The van der Waals surface area contributed by atoms with Crippen molar-refractivity contribution in [3.05, 3.63) is 89.5 Å². The second kappa shape index (κ2) is 13.4. The number of rotatable bonds is 13. The number of hydrogen-bond acceptors (Lipinski definition) is 4. The molecule has 1 N–H and O–H groups in total. The number of benzene rings is 3. The van der Waals surface area contributed by atoms with Crippen LogP contribution >= 0.6 is 11.3 Å². The zero-order valence-electron chi connectivity index (χ0n) is 23.0. The van der Waals surface area contributed by atoms with Crippen molar-refractivity contribution in [1.82, 2.24) is 10.2 Å². The van der Waals surface area contributed by atoms with Gasteiger partial charge in [0.15, 0.2) is 0 Å². The fourth-order valence-corrected chi connectivity index (χ4v) is 6.51. The third kappa shape index (κ3) is 7.25. The van der Waals surface area contributed by atoms with Gasteiger partial charge in [0.1, 0.15) is 12.4 Å². The van der Waals surface area contributed by atoms with Gasteiger partial charge in [-0.1, -0.05) is 68.4 Å². The van der Waals surface area contributed by atoms with Gasteiger partial charge in [0, 0.05) is 16.1 Å². The molecule has 4 heteroatoms. The molecule has 1 fully saturated rings. The summed E-state index contributed by atoms with van der Waals surface area (Å²) in [5.74, 6) is 1.73. The Morgan fingerprint density at radius 3 is 2.37 bits per heavy atom. The van der Waals surface area contributed by atoms with Gasteiger partial charge in [-0.3, -0.25) is 4.90 Å². The number of nitrogens with one attached hydrogen (secondary N) is 1. The SMILES string of the molecule is CC(C)CCNCCc1ccc(-c2sc3ccccc3c2Cc2ccc(OCCN3CCCC3)cc2)cc1. The van der Waals surface area contributed by atoms with Crippen molar-refractivity contribution < 1.29 is 4.74 Å². The van der Waals surface area contributed by atoms with Crippen molar-refractivity contribution in [2.75, 3.05) is 39.3 Å². The lowest BCUT2D eigenvalue weighted by Gasteiger charge is -2.15. The van der Waals surface area contributed by atoms with Crippen molar-refractivity contribution in [3.8, 4) is 16.2 Å². The van der Waals surface area contributed by atoms with Crippen molar-refractivity contribution in [2.45, 2.75) is 46.0 Å². The van der Waals surface area contributed by atoms with Crippen LogP contribution in [0.1, 0.15) is 49.8 Å². The van der Waals surface area contributed by atoms with Crippen LogP contribution in [0, 0.1) is 5.92 Å². The minimum Gasteiger partial charge on any atom is -0.492 e. The van der Waals surface area contributed by atoms with Gasteiger partial charge in [-0.25, -0.2) is 0 Å². The van der Waals surface area contributed by atoms with Crippen LogP contribution in [0.3, 0.4) is 0 Å². The van der Waals surface area contributed by atoms with E-state index in [-0.39, 0.29) is 0 Å². The van der Waals surface area contributed by atoms with Gasteiger partial charge in [0.05, 0.1) is 0 Å². The highest BCUT2D eigenvalue weighted by Gasteiger charge is 2.15. The van der Waals surface area contributed by atoms with E-state index >= 15 is 0 Å². The monoisotopic (exact) mass is 526 g/mol. The Balaban J connectivity index is 1.25. The van der Waals surface area contributed by atoms with Crippen LogP contribution in [0.5, 0.6) is 5.75 Å². The van der Waals surface area contributed by atoms with Gasteiger partial charge in [0.25, 0.3) is 0 Å². The van der Waals surface area contributed by atoms with E-state index in [1.54, 1.807) is 0 Å². The molecule has 0 spiro atoms. The van der Waals surface area contributed by atoms with Crippen LogP contribution in [0.15, 0.2) is 72.8 Å². The molecule has 1 aliphatic rings. The molecule has 3 aromatic carbocycles. The van der Waals surface area contributed by atoms with E-state index in [2.05, 4.69) is 96.9 Å². The Morgan fingerprint density at radius 1 is 0.868 bits per heavy atom. The van der Waals surface area contributed by atoms with E-state index in [0.29, 0.717) is 0 Å². The molecular weight excluding hydrogens is 484 g/mol. The zero-order valence-corrected chi connectivity index (χ0v) is 23.9. The van der Waals surface area contributed by atoms with E-state index in [9.17, 15) is 0 Å². The first-order valence-electron chi connectivity index (χ1n) is 14.4. The highest BCUT2D eigenvalue weighted by molar-refractivity contribution is 7.22. The molecule has 0 aliphatic carbocycles. The summed E-state index contributed by atoms with van der Waals surface area (Å²) in [4.78, 5) is 3.88. The Kier molecular flexibility index (Phi) is 9.51. The van der Waals surface area contributed by atoms with Crippen molar-refractivity contribution >= 4 is 21.4 Å². The standard InChI is InChI=1S/C34H42N2OS/c1-26(2)17-19-35-20-18-27-9-13-29(14-10-27)34-32(31-7-3-4-8-33(31)38-34)25-28-11-15-30(16-12-28)37-24-23-36-21-5-6-22-36/h3-4,7-16,26,35H,5-6,17-25H2,1-2H3. The van der Waals surface area contributed by atoms with E-state index in [1.807, 2.05) is 11.3 Å². The van der Waals surface area contributed by atoms with Crippen LogP contribution in [-0.4, -0.2) is 44.2 Å². The summed E-state index contributed by atoms with van der Waals surface area (Å²) >= 11 is 1.91. The van der Waals surface area contributed by atoms with Gasteiger partial charge in [0.2, 0.25) is 0 Å². The molecule has 3 nitrogen and oxygen atoms in total. The normalized spacial score (nSPS) is 14.1. The third-order valence-electron chi connectivity index (χ3n) is 7.58. The minimum absolute atomic E-state index is 0.758. The maximum Gasteiger partial charge on any atom is 0.119 e. The Hall–Kier alpha value is -2.66. The molecule has 4 aromatic rings. The Bertz CT molecular complexity index is 1270. The number of likely N-dealkylation sites (tertiary alicyclic amines) is 1. The molecule has 5 rings (SSSR count). The highest BCUT2D eigenvalue weighted by Crippen LogP contribution is 2.40. The van der Waals surface area contributed by atoms with Gasteiger partial charge < -0.3 is 10.1 Å². The van der Waals surface area contributed by atoms with Gasteiger partial charge >= 0.3 is 0 Å². The molecule has 0 amide bonds. The number of hydrogen-bond donors (Lipinski definition) is 1. The Labute approximate surface area is 232 Å². The van der Waals surface area contributed by atoms with E-state index < -0.39 is 0 Å². The summed E-state index contributed by atoms with van der Waals surface area (Å²) in [6.45, 7) is 10.9. The number of nitrogens with zero attached hydrogens (tertiary/aromatic N) is 1. The predicted molar refractivity (Wildman–Crippen MR) is 164 cm³/mol. The summed E-state index contributed by atoms with van der Waals surface area (Å²) in [7, 11) is 0. The molecule has 1 aromatic heterocycles. The molecule has 2 heterocycles. The van der Waals surface area contributed by atoms with Gasteiger partial charge in [-0.2, -0.15) is 0 Å². The molecule has 0 bridgehead atoms. The summed E-state index contributed by atoms with van der Waals surface area (Å²) in [5.41, 5.74) is 5.47. The number of ether oxygens (including phenoxy) is 1. The van der Waals surface area contributed by atoms with Crippen molar-refractivity contribution in [1.29, 1.82) is 0 Å². The van der Waals surface area contributed by atoms with Gasteiger partial charge in [-0.15, -0.1) is 11.3 Å². The average molecular weight is 527 g/mol. The topological polar surface area (TPSA) is 24.5 Å². The third-order valence-corrected chi connectivity index (χ3v) is 8.84. The molecule has 38 heavy (non-hydrogen) atoms. The first-order valence-corrected chi connectivity index (χ1v) is 15.2. The predicted octanol–water partition coefficient (Wildman–Crippen LogP) is 7.81. The lowest BCUT2D eigenvalue weighted by Crippen LogP contribution is -2.25. The highest BCUT2D eigenvalue weighted by atomic mass is 32.1. The molecular formula is C34H42N2OS. The molecule has 0 unspecified atom stereocenters. The Morgan fingerprint density at radius 2 is 1.61 bits per heavy atom. The fourth-order valence-electron chi connectivity index (χ4n) is 5.29. The summed E-state index contributed by atoms with van der Waals surface area (Å²) in [6, 6.07) is 26.8. The summed E-state index contributed by atoms with van der Waals surface area (Å²) in [5, 5.41) is 4.96. The first-order chi connectivity index (χ1) is 18.7. The maximum absolute atomic E-state index is 6.04. The maximum atomic E-state index is 6.04. The second-order valence-corrected chi connectivity index (χ2v) is 12.1. The minimum atomic E-state index is 0.758. The summed E-state index contributed by atoms with van der Waals surface area (Å²) in [6.07, 6.45) is 5.89. The van der Waals surface area contributed by atoms with Crippen LogP contribution < -0.4 is 10.1 Å². The van der Waals surface area contributed by atoms with Crippen LogP contribution in [-0.2, 0) is 12.8 Å². The lowest BCUT2D eigenvalue weighted by atomic mass is 9.98. The zero-order chi connectivity index (χ0) is 26.2. The molecule has 1 saturated heterocycles. The van der Waals surface area contributed by atoms with Crippen molar-refractivity contribution in [2.24, 2.45) is 5.92 Å². The smallest absolute Gasteiger partial charge is 0.119 e. The van der Waals surface area contributed by atoms with Gasteiger partial charge in [-0.05, 0) is 110 Å². The van der Waals surface area contributed by atoms with Crippen LogP contribution in [0.4, 0.5) is 0 Å². The average Bonchev–Trinajstić information content (AvgIpc) is 3.58. The fraction of sp³-hybridized carbons (Fsp3) is 0.412. The molecule has 0 atom stereocenters. The van der Waals surface area contributed by atoms with E-state index in [0.717, 1.165) is 50.8 Å². The lowest BCUT2D eigenvalue weighted by molar-refractivity contribution is 0.238. The van der Waals surface area contributed by atoms with Crippen molar-refractivity contribution in [3.63, 3.8) is 0 Å². The largest absolute Gasteiger partial charge is 0.492 e. The number of thiophene rings is 1. The molecule has 0 saturated carbocycles. The quantitative estimate of drug-likeness (QED) is 0.180. The molecule has 0 radical (unpaired) electrons. The molecule has 200 valence electrons. The molecule has 1 aliphatic heterocycles. The van der Waals surface area contributed by atoms with Crippen LogP contribution in [0.25, 0.3) is 20.5 Å². The summed E-state index contributed by atoms with van der Waals surface area (Å²) < 4.78 is 7.40. The first kappa shape index (κ1) is 26.9. The number of fused-ring (bicyclic) bond motifs is 1.